The molecule has 1 aliphatic heterocycles. The van der Waals surface area contributed by atoms with Gasteiger partial charge in [-0.05, 0) is 55.5 Å². The van der Waals surface area contributed by atoms with Crippen LogP contribution in [0.1, 0.15) is 60.4 Å². The molecule has 0 saturated heterocycles. The summed E-state index contributed by atoms with van der Waals surface area (Å²) in [5.41, 5.74) is 3.46. The lowest BCUT2D eigenvalue weighted by Gasteiger charge is -2.28. The van der Waals surface area contributed by atoms with Gasteiger partial charge >= 0.3 is 0 Å². The molecule has 0 radical (unpaired) electrons. The largest absolute Gasteiger partial charge is 0.481 e. The molecule has 0 bridgehead atoms. The minimum absolute atomic E-state index is 0.403. The molecule has 1 aromatic carbocycles. The molecule has 7 heteroatoms. The number of rotatable bonds is 3. The van der Waals surface area contributed by atoms with Crippen molar-refractivity contribution in [3.63, 3.8) is 0 Å². The average molecular weight is 410 g/mol. The van der Waals surface area contributed by atoms with Crippen LogP contribution >= 0.6 is 11.6 Å². The van der Waals surface area contributed by atoms with Crippen molar-refractivity contribution in [1.29, 1.82) is 0 Å². The van der Waals surface area contributed by atoms with E-state index in [1.165, 1.54) is 5.56 Å². The maximum absolute atomic E-state index is 6.23. The number of fused-ring (bicyclic) bond motifs is 3. The monoisotopic (exact) mass is 409 g/mol. The summed E-state index contributed by atoms with van der Waals surface area (Å²) in [5, 5.41) is 13.3. The Morgan fingerprint density at radius 1 is 1.03 bits per heavy atom. The topological polar surface area (TPSA) is 64.9 Å². The lowest BCUT2D eigenvalue weighted by Crippen LogP contribution is -2.17. The molecule has 2 aliphatic rings. The van der Waals surface area contributed by atoms with Gasteiger partial charge in [-0.1, -0.05) is 17.7 Å². The van der Waals surface area contributed by atoms with Crippen molar-refractivity contribution in [3.05, 3.63) is 64.3 Å². The van der Waals surface area contributed by atoms with Gasteiger partial charge in [0.25, 0.3) is 0 Å². The number of pyridine rings is 1. The highest BCUT2D eigenvalue weighted by atomic mass is 35.5. The first-order chi connectivity index (χ1) is 14.2. The van der Waals surface area contributed by atoms with Crippen molar-refractivity contribution in [2.45, 2.75) is 50.6 Å². The fourth-order valence-electron chi connectivity index (χ4n) is 4.61. The molecule has 3 heterocycles. The lowest BCUT2D eigenvalue weighted by atomic mass is 9.80. The number of benzene rings is 1. The second kappa shape index (κ2) is 7.76. The normalized spacial score (nSPS) is 21.2. The summed E-state index contributed by atoms with van der Waals surface area (Å²) in [6.45, 7) is 1.50. The van der Waals surface area contributed by atoms with Gasteiger partial charge in [0.2, 0.25) is 5.88 Å². The van der Waals surface area contributed by atoms with Crippen LogP contribution in [-0.2, 0) is 13.1 Å². The van der Waals surface area contributed by atoms with Gasteiger partial charge in [0.15, 0.2) is 5.82 Å². The van der Waals surface area contributed by atoms with Crippen LogP contribution in [0.3, 0.4) is 0 Å². The first-order valence-electron chi connectivity index (χ1n) is 10.2. The van der Waals surface area contributed by atoms with Gasteiger partial charge < -0.3 is 10.1 Å². The van der Waals surface area contributed by atoms with Crippen molar-refractivity contribution in [2.24, 2.45) is 0 Å². The third-order valence-corrected chi connectivity index (χ3v) is 6.34. The van der Waals surface area contributed by atoms with Crippen LogP contribution in [-0.4, -0.2) is 26.9 Å². The second-order valence-electron chi connectivity index (χ2n) is 7.84. The van der Waals surface area contributed by atoms with Gasteiger partial charge in [0, 0.05) is 35.2 Å². The van der Waals surface area contributed by atoms with Crippen molar-refractivity contribution < 1.29 is 4.74 Å². The summed E-state index contributed by atoms with van der Waals surface area (Å²) in [6.07, 6.45) is 4.35. The minimum Gasteiger partial charge on any atom is -0.481 e. The van der Waals surface area contributed by atoms with E-state index in [1.807, 2.05) is 24.3 Å². The smallest absolute Gasteiger partial charge is 0.213 e. The molecule has 6 nitrogen and oxygen atoms in total. The maximum atomic E-state index is 6.23. The van der Waals surface area contributed by atoms with E-state index < -0.39 is 0 Å². The Bertz CT molecular complexity index is 1030. The van der Waals surface area contributed by atoms with E-state index in [0.29, 0.717) is 24.3 Å². The van der Waals surface area contributed by atoms with Crippen LogP contribution in [0.25, 0.3) is 5.69 Å². The third kappa shape index (κ3) is 3.51. The Balaban J connectivity index is 1.40. The van der Waals surface area contributed by atoms with Gasteiger partial charge in [0.1, 0.15) is 5.82 Å². The summed E-state index contributed by atoms with van der Waals surface area (Å²) in [7, 11) is 1.67. The van der Waals surface area contributed by atoms with Gasteiger partial charge in [-0.15, -0.1) is 10.2 Å². The van der Waals surface area contributed by atoms with E-state index in [-0.39, 0.29) is 0 Å². The summed E-state index contributed by atoms with van der Waals surface area (Å²) in [5.74, 6) is 3.61. The Morgan fingerprint density at radius 3 is 2.69 bits per heavy atom. The van der Waals surface area contributed by atoms with Crippen molar-refractivity contribution >= 4 is 11.6 Å². The van der Waals surface area contributed by atoms with E-state index in [4.69, 9.17) is 16.3 Å². The quantitative estimate of drug-likeness (QED) is 0.695. The van der Waals surface area contributed by atoms with Crippen LogP contribution < -0.4 is 10.1 Å². The molecule has 2 aromatic heterocycles. The molecule has 0 atom stereocenters. The number of hydrogen-bond acceptors (Lipinski definition) is 5. The molecular weight excluding hydrogens is 386 g/mol. The zero-order chi connectivity index (χ0) is 19.8. The Hall–Kier alpha value is -2.44. The van der Waals surface area contributed by atoms with E-state index >= 15 is 0 Å². The summed E-state index contributed by atoms with van der Waals surface area (Å²) in [4.78, 5) is 4.65. The number of nitrogens with zero attached hydrogens (tertiary/aromatic N) is 4. The second-order valence-corrected chi connectivity index (χ2v) is 8.28. The molecule has 1 saturated carbocycles. The Labute approximate surface area is 175 Å². The first kappa shape index (κ1) is 18.6. The van der Waals surface area contributed by atoms with E-state index in [1.54, 1.807) is 7.11 Å². The summed E-state index contributed by atoms with van der Waals surface area (Å²) in [6, 6.07) is 12.1. The fourth-order valence-corrected chi connectivity index (χ4v) is 4.81. The van der Waals surface area contributed by atoms with Crippen LogP contribution in [0.2, 0.25) is 5.02 Å². The number of aromatic nitrogens is 4. The maximum Gasteiger partial charge on any atom is 0.213 e. The van der Waals surface area contributed by atoms with Gasteiger partial charge in [-0.2, -0.15) is 0 Å². The van der Waals surface area contributed by atoms with Crippen LogP contribution in [0.4, 0.5) is 0 Å². The highest BCUT2D eigenvalue weighted by Gasteiger charge is 2.30. The average Bonchev–Trinajstić information content (AvgIpc) is 3.09. The van der Waals surface area contributed by atoms with Gasteiger partial charge in [-0.25, -0.2) is 4.98 Å². The SMILES string of the molecule is COc1cccc(C2CCC(c3nnc4n3-c3ccc(Cl)cc3CNC4)CC2)n1. The van der Waals surface area contributed by atoms with Crippen LogP contribution in [0, 0.1) is 0 Å². The lowest BCUT2D eigenvalue weighted by molar-refractivity contribution is 0.366. The molecular formula is C22H24ClN5O. The molecule has 150 valence electrons. The molecule has 1 N–H and O–H groups in total. The number of ether oxygens (including phenoxy) is 1. The first-order valence-corrected chi connectivity index (χ1v) is 10.6. The molecule has 5 rings (SSSR count). The van der Waals surface area contributed by atoms with Crippen molar-refractivity contribution in [2.75, 3.05) is 7.11 Å². The molecule has 0 spiro atoms. The van der Waals surface area contributed by atoms with E-state index in [2.05, 4.69) is 37.2 Å². The van der Waals surface area contributed by atoms with Crippen molar-refractivity contribution in [3.8, 4) is 11.6 Å². The molecule has 0 unspecified atom stereocenters. The molecule has 3 aromatic rings. The standard InChI is InChI=1S/C22H24ClN5O/c1-29-21-4-2-3-18(25-21)14-5-7-15(8-6-14)22-27-26-20-13-24-12-16-11-17(23)9-10-19(16)28(20)22/h2-4,9-11,14-15,24H,5-8,12-13H2,1H3. The summed E-state index contributed by atoms with van der Waals surface area (Å²) >= 11 is 6.23. The molecule has 1 fully saturated rings. The predicted molar refractivity (Wildman–Crippen MR) is 112 cm³/mol. The highest BCUT2D eigenvalue weighted by Crippen LogP contribution is 2.41. The zero-order valence-corrected chi connectivity index (χ0v) is 17.2. The molecule has 29 heavy (non-hydrogen) atoms. The number of halogens is 1. The summed E-state index contributed by atoms with van der Waals surface area (Å²) < 4.78 is 7.54. The number of hydrogen-bond donors (Lipinski definition) is 1. The zero-order valence-electron chi connectivity index (χ0n) is 16.4. The molecule has 1 aliphatic carbocycles. The number of nitrogens with one attached hydrogen (secondary N) is 1. The third-order valence-electron chi connectivity index (χ3n) is 6.10. The molecule has 0 amide bonds. The Morgan fingerprint density at radius 2 is 1.86 bits per heavy atom. The van der Waals surface area contributed by atoms with E-state index in [0.717, 1.165) is 60.3 Å². The minimum atomic E-state index is 0.403. The van der Waals surface area contributed by atoms with Gasteiger partial charge in [-0.3, -0.25) is 4.57 Å². The fraction of sp³-hybridized carbons (Fsp3) is 0.409. The Kier molecular flexibility index (Phi) is 4.97. The van der Waals surface area contributed by atoms with E-state index in [9.17, 15) is 0 Å². The number of methoxy groups -OCH3 is 1. The predicted octanol–water partition coefficient (Wildman–Crippen LogP) is 4.37. The van der Waals surface area contributed by atoms with Crippen LogP contribution in [0.15, 0.2) is 36.4 Å². The van der Waals surface area contributed by atoms with Crippen molar-refractivity contribution in [1.82, 2.24) is 25.1 Å². The van der Waals surface area contributed by atoms with Crippen LogP contribution in [0.5, 0.6) is 5.88 Å². The highest BCUT2D eigenvalue weighted by molar-refractivity contribution is 6.30. The van der Waals surface area contributed by atoms with Gasteiger partial charge in [0.05, 0.1) is 19.3 Å².